The Hall–Kier alpha value is -1.02. The zero-order valence-corrected chi connectivity index (χ0v) is 9.64. The van der Waals surface area contributed by atoms with Crippen LogP contribution in [-0.2, 0) is 0 Å². The Morgan fingerprint density at radius 2 is 2.27 bits per heavy atom. The highest BCUT2D eigenvalue weighted by molar-refractivity contribution is 6.17. The lowest BCUT2D eigenvalue weighted by molar-refractivity contribution is 0.411. The molecule has 0 saturated carbocycles. The molecular formula is C12H14ClFO. The molecule has 0 aliphatic heterocycles. The van der Waals surface area contributed by atoms with E-state index in [9.17, 15) is 4.39 Å². The molecule has 1 aromatic carbocycles. The van der Waals surface area contributed by atoms with Crippen molar-refractivity contribution in [3.8, 4) is 5.75 Å². The van der Waals surface area contributed by atoms with E-state index < -0.39 is 0 Å². The maximum Gasteiger partial charge on any atom is 0.134 e. The summed E-state index contributed by atoms with van der Waals surface area (Å²) in [7, 11) is 1.52. The van der Waals surface area contributed by atoms with Crippen molar-refractivity contribution in [2.24, 2.45) is 0 Å². The van der Waals surface area contributed by atoms with Gasteiger partial charge in [-0.3, -0.25) is 0 Å². The van der Waals surface area contributed by atoms with Crippen molar-refractivity contribution in [2.45, 2.75) is 13.3 Å². The standard InChI is InChI=1S/C12H14ClFO/c1-9(4-3-7-13)11-6-5-10(15-2)8-12(11)14/h4-6,8H,3,7H2,1-2H3/b9-4+. The number of allylic oxidation sites excluding steroid dienone is 2. The van der Waals surface area contributed by atoms with Crippen LogP contribution in [0.15, 0.2) is 24.3 Å². The lowest BCUT2D eigenvalue weighted by Gasteiger charge is -2.05. The molecule has 0 heterocycles. The van der Waals surface area contributed by atoms with Gasteiger partial charge in [0.1, 0.15) is 11.6 Å². The molecule has 0 spiro atoms. The third-order valence-corrected chi connectivity index (χ3v) is 2.38. The van der Waals surface area contributed by atoms with Crippen molar-refractivity contribution in [1.82, 2.24) is 0 Å². The smallest absolute Gasteiger partial charge is 0.134 e. The van der Waals surface area contributed by atoms with Crippen LogP contribution in [0.1, 0.15) is 18.9 Å². The molecule has 1 rings (SSSR count). The molecule has 0 aliphatic rings. The van der Waals surface area contributed by atoms with Gasteiger partial charge in [-0.1, -0.05) is 6.08 Å². The fraction of sp³-hybridized carbons (Fsp3) is 0.333. The molecule has 1 aromatic rings. The highest BCUT2D eigenvalue weighted by atomic mass is 35.5. The zero-order valence-electron chi connectivity index (χ0n) is 8.89. The summed E-state index contributed by atoms with van der Waals surface area (Å²) in [6.07, 6.45) is 2.68. The van der Waals surface area contributed by atoms with Gasteiger partial charge in [0.25, 0.3) is 0 Å². The minimum absolute atomic E-state index is 0.266. The molecule has 0 unspecified atom stereocenters. The Bertz CT molecular complexity index is 361. The predicted octanol–water partition coefficient (Wildman–Crippen LogP) is 3.87. The SMILES string of the molecule is COc1ccc(/C(C)=C/CCCl)c(F)c1. The molecule has 15 heavy (non-hydrogen) atoms. The fourth-order valence-electron chi connectivity index (χ4n) is 1.32. The van der Waals surface area contributed by atoms with Gasteiger partial charge in [-0.15, -0.1) is 11.6 Å². The Kier molecular flexibility index (Phi) is 4.63. The third kappa shape index (κ3) is 3.24. The molecule has 82 valence electrons. The molecule has 1 nitrogen and oxygen atoms in total. The highest BCUT2D eigenvalue weighted by Crippen LogP contribution is 2.22. The van der Waals surface area contributed by atoms with Crippen molar-refractivity contribution in [3.05, 3.63) is 35.7 Å². The number of hydrogen-bond acceptors (Lipinski definition) is 1. The summed E-state index contributed by atoms with van der Waals surface area (Å²) in [5, 5.41) is 0. The molecule has 0 bridgehead atoms. The van der Waals surface area contributed by atoms with E-state index in [2.05, 4.69) is 0 Å². The van der Waals surface area contributed by atoms with Gasteiger partial charge in [0.15, 0.2) is 0 Å². The zero-order chi connectivity index (χ0) is 11.3. The Labute approximate surface area is 94.5 Å². The molecule has 0 aliphatic carbocycles. The lowest BCUT2D eigenvalue weighted by atomic mass is 10.1. The number of ether oxygens (including phenoxy) is 1. The van der Waals surface area contributed by atoms with Crippen molar-refractivity contribution in [3.63, 3.8) is 0 Å². The Morgan fingerprint density at radius 3 is 2.80 bits per heavy atom. The first-order valence-electron chi connectivity index (χ1n) is 4.75. The van der Waals surface area contributed by atoms with Gasteiger partial charge >= 0.3 is 0 Å². The Morgan fingerprint density at radius 1 is 1.53 bits per heavy atom. The van der Waals surface area contributed by atoms with Crippen LogP contribution in [0.25, 0.3) is 5.57 Å². The van der Waals surface area contributed by atoms with E-state index in [-0.39, 0.29) is 5.82 Å². The van der Waals surface area contributed by atoms with E-state index in [1.165, 1.54) is 13.2 Å². The second-order valence-corrected chi connectivity index (χ2v) is 3.59. The van der Waals surface area contributed by atoms with Gasteiger partial charge in [-0.2, -0.15) is 0 Å². The molecular weight excluding hydrogens is 215 g/mol. The first-order chi connectivity index (χ1) is 7.19. The number of halogens is 2. The molecule has 0 saturated heterocycles. The van der Waals surface area contributed by atoms with Gasteiger partial charge in [0.2, 0.25) is 0 Å². The molecule has 3 heteroatoms. The number of benzene rings is 1. The van der Waals surface area contributed by atoms with Gasteiger partial charge in [-0.05, 0) is 31.1 Å². The average Bonchev–Trinajstić information content (AvgIpc) is 2.25. The number of rotatable bonds is 4. The van der Waals surface area contributed by atoms with Gasteiger partial charge in [0.05, 0.1) is 7.11 Å². The fourth-order valence-corrected chi connectivity index (χ4v) is 1.43. The van der Waals surface area contributed by atoms with Crippen molar-refractivity contribution in [1.29, 1.82) is 0 Å². The minimum atomic E-state index is -0.266. The average molecular weight is 229 g/mol. The van der Waals surface area contributed by atoms with Crippen LogP contribution in [0.3, 0.4) is 0 Å². The summed E-state index contributed by atoms with van der Waals surface area (Å²) >= 11 is 5.56. The van der Waals surface area contributed by atoms with Crippen LogP contribution in [-0.4, -0.2) is 13.0 Å². The van der Waals surface area contributed by atoms with E-state index in [1.54, 1.807) is 12.1 Å². The normalized spacial score (nSPS) is 11.6. The van der Waals surface area contributed by atoms with Gasteiger partial charge in [-0.25, -0.2) is 4.39 Å². The van der Waals surface area contributed by atoms with E-state index in [1.807, 2.05) is 13.0 Å². The van der Waals surface area contributed by atoms with Gasteiger partial charge < -0.3 is 4.74 Å². The molecule has 0 amide bonds. The van der Waals surface area contributed by atoms with E-state index in [0.29, 0.717) is 17.2 Å². The van der Waals surface area contributed by atoms with Crippen LogP contribution < -0.4 is 4.74 Å². The topological polar surface area (TPSA) is 9.23 Å². The van der Waals surface area contributed by atoms with Crippen molar-refractivity contribution >= 4 is 17.2 Å². The van der Waals surface area contributed by atoms with E-state index in [4.69, 9.17) is 16.3 Å². The van der Waals surface area contributed by atoms with Crippen LogP contribution >= 0.6 is 11.6 Å². The summed E-state index contributed by atoms with van der Waals surface area (Å²) in [4.78, 5) is 0. The van der Waals surface area contributed by atoms with Crippen LogP contribution in [0, 0.1) is 5.82 Å². The number of methoxy groups -OCH3 is 1. The van der Waals surface area contributed by atoms with Crippen molar-refractivity contribution < 1.29 is 9.13 Å². The van der Waals surface area contributed by atoms with Gasteiger partial charge in [0, 0.05) is 17.5 Å². The number of alkyl halides is 1. The quantitative estimate of drug-likeness (QED) is 0.711. The summed E-state index contributed by atoms with van der Waals surface area (Å²) in [5.41, 5.74) is 1.50. The summed E-state index contributed by atoms with van der Waals surface area (Å²) in [5.74, 6) is 0.814. The highest BCUT2D eigenvalue weighted by Gasteiger charge is 2.04. The monoisotopic (exact) mass is 228 g/mol. The largest absolute Gasteiger partial charge is 0.497 e. The van der Waals surface area contributed by atoms with Crippen LogP contribution in [0.5, 0.6) is 5.75 Å². The molecule has 0 N–H and O–H groups in total. The number of hydrogen-bond donors (Lipinski definition) is 0. The van der Waals surface area contributed by atoms with Crippen molar-refractivity contribution in [2.75, 3.05) is 13.0 Å². The van der Waals surface area contributed by atoms with E-state index in [0.717, 1.165) is 12.0 Å². The maximum absolute atomic E-state index is 13.6. The first kappa shape index (κ1) is 12.1. The minimum Gasteiger partial charge on any atom is -0.497 e. The predicted molar refractivity (Wildman–Crippen MR) is 61.9 cm³/mol. The molecule has 0 radical (unpaired) electrons. The van der Waals surface area contributed by atoms with E-state index >= 15 is 0 Å². The molecule has 0 aromatic heterocycles. The second kappa shape index (κ2) is 5.76. The maximum atomic E-state index is 13.6. The summed E-state index contributed by atoms with van der Waals surface area (Å²) in [6, 6.07) is 4.85. The van der Waals surface area contributed by atoms with Crippen LogP contribution in [0.4, 0.5) is 4.39 Å². The first-order valence-corrected chi connectivity index (χ1v) is 5.29. The Balaban J connectivity index is 2.95. The lowest BCUT2D eigenvalue weighted by Crippen LogP contribution is -1.90. The molecule has 0 atom stereocenters. The summed E-state index contributed by atoms with van der Waals surface area (Å²) in [6.45, 7) is 1.87. The summed E-state index contributed by atoms with van der Waals surface area (Å²) < 4.78 is 18.5. The van der Waals surface area contributed by atoms with Crippen LogP contribution in [0.2, 0.25) is 0 Å². The second-order valence-electron chi connectivity index (χ2n) is 3.21. The third-order valence-electron chi connectivity index (χ3n) is 2.16. The molecule has 0 fully saturated rings.